The Morgan fingerprint density at radius 2 is 2.33 bits per heavy atom. The minimum atomic E-state index is -0.915. The van der Waals surface area contributed by atoms with Crippen LogP contribution >= 0.6 is 11.8 Å². The summed E-state index contributed by atoms with van der Waals surface area (Å²) in [7, 11) is 1.73. The van der Waals surface area contributed by atoms with Crippen molar-refractivity contribution in [2.45, 2.75) is 31.4 Å². The molecule has 0 heterocycles. The fraction of sp³-hybridized carbons (Fsp3) is 0.900. The number of ether oxygens (including phenoxy) is 1. The second-order valence-electron chi connectivity index (χ2n) is 3.94. The zero-order valence-corrected chi connectivity index (χ0v) is 10.0. The molecule has 0 aromatic rings. The van der Waals surface area contributed by atoms with E-state index in [4.69, 9.17) is 9.84 Å². The largest absolute Gasteiger partial charge is 0.465 e. The lowest BCUT2D eigenvalue weighted by atomic mass is 9.84. The van der Waals surface area contributed by atoms with Crippen molar-refractivity contribution >= 4 is 17.9 Å². The van der Waals surface area contributed by atoms with E-state index in [1.807, 2.05) is 6.26 Å². The summed E-state index contributed by atoms with van der Waals surface area (Å²) in [4.78, 5) is 10.6. The Labute approximate surface area is 94.8 Å². The first kappa shape index (κ1) is 12.6. The summed E-state index contributed by atoms with van der Waals surface area (Å²) in [6.45, 7) is 0. The number of nitrogens with one attached hydrogen (secondary N) is 1. The van der Waals surface area contributed by atoms with E-state index in [-0.39, 0.29) is 6.04 Å². The Morgan fingerprint density at radius 3 is 2.87 bits per heavy atom. The van der Waals surface area contributed by atoms with Crippen LogP contribution < -0.4 is 5.32 Å². The molecule has 0 unspecified atom stereocenters. The highest BCUT2D eigenvalue weighted by Crippen LogP contribution is 2.28. The standard InChI is InChI=1S/C10H19NO3S/c1-14-8-3-4-9(11-10(12)13)7(5-8)6-15-2/h7-9,11H,3-6H2,1-2H3,(H,12,13)/t7-,8-,9+/m1/s1. The van der Waals surface area contributed by atoms with Gasteiger partial charge >= 0.3 is 6.09 Å². The molecule has 88 valence electrons. The first-order valence-electron chi connectivity index (χ1n) is 5.18. The Hall–Kier alpha value is -0.420. The summed E-state index contributed by atoms with van der Waals surface area (Å²) in [5.74, 6) is 1.39. The van der Waals surface area contributed by atoms with Crippen LogP contribution in [-0.4, -0.2) is 42.5 Å². The van der Waals surface area contributed by atoms with Crippen molar-refractivity contribution in [2.24, 2.45) is 5.92 Å². The fourth-order valence-corrected chi connectivity index (χ4v) is 2.98. The van der Waals surface area contributed by atoms with Gasteiger partial charge in [0.1, 0.15) is 0 Å². The molecule has 0 radical (unpaired) electrons. The molecule has 3 atom stereocenters. The quantitative estimate of drug-likeness (QED) is 0.777. The van der Waals surface area contributed by atoms with E-state index in [0.717, 1.165) is 25.0 Å². The van der Waals surface area contributed by atoms with Crippen molar-refractivity contribution in [3.8, 4) is 0 Å². The van der Waals surface area contributed by atoms with Crippen LogP contribution in [-0.2, 0) is 4.74 Å². The van der Waals surface area contributed by atoms with Gasteiger partial charge in [0.15, 0.2) is 0 Å². The van der Waals surface area contributed by atoms with Crippen molar-refractivity contribution in [1.82, 2.24) is 5.32 Å². The molecular weight excluding hydrogens is 214 g/mol. The maximum absolute atomic E-state index is 10.6. The van der Waals surface area contributed by atoms with E-state index in [1.54, 1.807) is 18.9 Å². The SMILES string of the molecule is CO[C@@H]1CC[C@H](NC(=O)O)[C@@H](CSC)C1. The molecule has 0 spiro atoms. The van der Waals surface area contributed by atoms with Crippen LogP contribution in [0.4, 0.5) is 4.79 Å². The number of thioether (sulfide) groups is 1. The molecule has 0 aromatic heterocycles. The van der Waals surface area contributed by atoms with E-state index >= 15 is 0 Å². The lowest BCUT2D eigenvalue weighted by molar-refractivity contribution is 0.0431. The second-order valence-corrected chi connectivity index (χ2v) is 4.85. The number of hydrogen-bond donors (Lipinski definition) is 2. The number of hydrogen-bond acceptors (Lipinski definition) is 3. The Morgan fingerprint density at radius 1 is 1.60 bits per heavy atom. The molecule has 1 fully saturated rings. The molecule has 1 saturated carbocycles. The predicted molar refractivity (Wildman–Crippen MR) is 61.5 cm³/mol. The average molecular weight is 233 g/mol. The highest BCUT2D eigenvalue weighted by Gasteiger charge is 2.31. The number of methoxy groups -OCH3 is 1. The molecule has 0 saturated heterocycles. The van der Waals surface area contributed by atoms with Gasteiger partial charge in [0.05, 0.1) is 6.10 Å². The monoisotopic (exact) mass is 233 g/mol. The molecule has 1 amide bonds. The van der Waals surface area contributed by atoms with Crippen molar-refractivity contribution in [1.29, 1.82) is 0 Å². The molecule has 0 bridgehead atoms. The van der Waals surface area contributed by atoms with Crippen molar-refractivity contribution in [3.63, 3.8) is 0 Å². The summed E-state index contributed by atoms with van der Waals surface area (Å²) < 4.78 is 5.34. The van der Waals surface area contributed by atoms with Gasteiger partial charge in [-0.15, -0.1) is 0 Å². The topological polar surface area (TPSA) is 58.6 Å². The molecule has 15 heavy (non-hydrogen) atoms. The molecule has 5 heteroatoms. The zero-order valence-electron chi connectivity index (χ0n) is 9.23. The van der Waals surface area contributed by atoms with Gasteiger partial charge in [-0.3, -0.25) is 0 Å². The second kappa shape index (κ2) is 6.23. The van der Waals surface area contributed by atoms with Crippen LogP contribution in [0.25, 0.3) is 0 Å². The maximum atomic E-state index is 10.6. The van der Waals surface area contributed by atoms with Gasteiger partial charge in [-0.05, 0) is 37.2 Å². The first-order chi connectivity index (χ1) is 7.17. The van der Waals surface area contributed by atoms with E-state index in [2.05, 4.69) is 5.32 Å². The van der Waals surface area contributed by atoms with Crippen LogP contribution in [0.1, 0.15) is 19.3 Å². The normalized spacial score (nSPS) is 31.2. The zero-order chi connectivity index (χ0) is 11.3. The smallest absolute Gasteiger partial charge is 0.404 e. The third-order valence-electron chi connectivity index (χ3n) is 2.96. The van der Waals surface area contributed by atoms with Gasteiger partial charge in [0, 0.05) is 13.2 Å². The minimum Gasteiger partial charge on any atom is -0.465 e. The Bertz CT molecular complexity index is 213. The molecular formula is C10H19NO3S. The van der Waals surface area contributed by atoms with Crippen LogP contribution in [0.15, 0.2) is 0 Å². The van der Waals surface area contributed by atoms with Gasteiger partial charge in [-0.25, -0.2) is 4.79 Å². The van der Waals surface area contributed by atoms with Crippen molar-refractivity contribution < 1.29 is 14.6 Å². The van der Waals surface area contributed by atoms with E-state index in [1.165, 1.54) is 0 Å². The molecule has 2 N–H and O–H groups in total. The van der Waals surface area contributed by atoms with Gasteiger partial charge in [-0.2, -0.15) is 11.8 Å². The number of rotatable bonds is 4. The van der Waals surface area contributed by atoms with Crippen LogP contribution in [0.2, 0.25) is 0 Å². The highest BCUT2D eigenvalue weighted by atomic mass is 32.2. The first-order valence-corrected chi connectivity index (χ1v) is 6.58. The van der Waals surface area contributed by atoms with E-state index < -0.39 is 6.09 Å². The average Bonchev–Trinajstić information content (AvgIpc) is 2.20. The van der Waals surface area contributed by atoms with Gasteiger partial charge in [0.25, 0.3) is 0 Å². The van der Waals surface area contributed by atoms with Gasteiger partial charge in [-0.1, -0.05) is 0 Å². The lowest BCUT2D eigenvalue weighted by Gasteiger charge is -2.35. The van der Waals surface area contributed by atoms with Crippen LogP contribution in [0, 0.1) is 5.92 Å². The summed E-state index contributed by atoms with van der Waals surface area (Å²) in [5.41, 5.74) is 0. The number of carboxylic acid groups (broad SMARTS) is 1. The third kappa shape index (κ3) is 3.91. The third-order valence-corrected chi connectivity index (χ3v) is 3.72. The Balaban J connectivity index is 2.50. The predicted octanol–water partition coefficient (Wildman–Crippen LogP) is 1.80. The lowest BCUT2D eigenvalue weighted by Crippen LogP contribution is -2.45. The molecule has 1 rings (SSSR count). The van der Waals surface area contributed by atoms with Crippen molar-refractivity contribution in [2.75, 3.05) is 19.1 Å². The summed E-state index contributed by atoms with van der Waals surface area (Å²) in [6, 6.07) is 0.0985. The molecule has 0 aromatic carbocycles. The summed E-state index contributed by atoms with van der Waals surface area (Å²) in [6.07, 6.45) is 4.23. The molecule has 1 aliphatic carbocycles. The fourth-order valence-electron chi connectivity index (χ4n) is 2.18. The summed E-state index contributed by atoms with van der Waals surface area (Å²) in [5, 5.41) is 11.3. The van der Waals surface area contributed by atoms with E-state index in [9.17, 15) is 4.79 Å². The molecule has 0 aliphatic heterocycles. The number of amides is 1. The maximum Gasteiger partial charge on any atom is 0.404 e. The summed E-state index contributed by atoms with van der Waals surface area (Å²) >= 11 is 1.76. The minimum absolute atomic E-state index is 0.0985. The molecule has 1 aliphatic rings. The highest BCUT2D eigenvalue weighted by molar-refractivity contribution is 7.98. The Kier molecular flexibility index (Phi) is 5.25. The number of carbonyl (C=O) groups is 1. The van der Waals surface area contributed by atoms with Gasteiger partial charge < -0.3 is 15.2 Å². The van der Waals surface area contributed by atoms with Crippen LogP contribution in [0.3, 0.4) is 0 Å². The van der Waals surface area contributed by atoms with Crippen LogP contribution in [0.5, 0.6) is 0 Å². The van der Waals surface area contributed by atoms with Gasteiger partial charge in [0.2, 0.25) is 0 Å². The van der Waals surface area contributed by atoms with Crippen molar-refractivity contribution in [3.05, 3.63) is 0 Å². The molecule has 4 nitrogen and oxygen atoms in total. The van der Waals surface area contributed by atoms with E-state index in [0.29, 0.717) is 12.0 Å².